The van der Waals surface area contributed by atoms with Gasteiger partial charge in [0.15, 0.2) is 0 Å². The van der Waals surface area contributed by atoms with Crippen LogP contribution in [0.15, 0.2) is 67.0 Å². The lowest BCUT2D eigenvalue weighted by Gasteiger charge is -2.10. The Balaban J connectivity index is 1.91. The summed E-state index contributed by atoms with van der Waals surface area (Å²) in [6, 6.07) is 19.7. The van der Waals surface area contributed by atoms with E-state index in [1.165, 1.54) is 0 Å². The van der Waals surface area contributed by atoms with Gasteiger partial charge in [0.2, 0.25) is 0 Å². The van der Waals surface area contributed by atoms with Crippen LogP contribution in [-0.2, 0) is 6.54 Å². The molecule has 4 nitrogen and oxygen atoms in total. The lowest BCUT2D eigenvalue weighted by molar-refractivity contribution is 1.03. The van der Waals surface area contributed by atoms with Crippen LogP contribution in [0, 0.1) is 11.3 Å². The first-order valence-electron chi connectivity index (χ1n) is 6.97. The first-order valence-corrected chi connectivity index (χ1v) is 6.97. The fourth-order valence-electron chi connectivity index (χ4n) is 2.24. The minimum atomic E-state index is 0.529. The molecule has 0 aliphatic rings. The van der Waals surface area contributed by atoms with Gasteiger partial charge in [-0.2, -0.15) is 5.26 Å². The molecule has 2 heterocycles. The predicted octanol–water partition coefficient (Wildman–Crippen LogP) is 3.63. The number of hydrogen-bond acceptors (Lipinski definition) is 4. The second-order valence-corrected chi connectivity index (χ2v) is 4.73. The van der Waals surface area contributed by atoms with Crippen molar-refractivity contribution < 1.29 is 0 Å². The van der Waals surface area contributed by atoms with Gasteiger partial charge in [-0.25, -0.2) is 4.98 Å². The van der Waals surface area contributed by atoms with Crippen LogP contribution in [0.25, 0.3) is 11.1 Å². The first-order chi connectivity index (χ1) is 10.9. The van der Waals surface area contributed by atoms with E-state index in [9.17, 15) is 5.26 Å². The molecule has 0 atom stereocenters. The van der Waals surface area contributed by atoms with Crippen molar-refractivity contribution in [2.75, 3.05) is 5.32 Å². The molecule has 3 aromatic rings. The van der Waals surface area contributed by atoms with Gasteiger partial charge in [0, 0.05) is 18.0 Å². The molecule has 1 N–H and O–H groups in total. The summed E-state index contributed by atoms with van der Waals surface area (Å²) in [6.07, 6.45) is 3.46. The van der Waals surface area contributed by atoms with Gasteiger partial charge >= 0.3 is 0 Å². The fourth-order valence-corrected chi connectivity index (χ4v) is 2.24. The molecule has 22 heavy (non-hydrogen) atoms. The Kier molecular flexibility index (Phi) is 4.08. The fraction of sp³-hybridized carbons (Fsp3) is 0.0556. The average molecular weight is 286 g/mol. The Bertz CT molecular complexity index is 792. The largest absolute Gasteiger partial charge is 0.363 e. The van der Waals surface area contributed by atoms with Gasteiger partial charge < -0.3 is 5.32 Å². The van der Waals surface area contributed by atoms with Crippen LogP contribution in [0.2, 0.25) is 0 Å². The SMILES string of the molecule is N#Cc1c(-c2ccccc2)ccnc1NCc1ccccn1. The van der Waals surface area contributed by atoms with E-state index >= 15 is 0 Å². The summed E-state index contributed by atoms with van der Waals surface area (Å²) < 4.78 is 0. The van der Waals surface area contributed by atoms with Crippen LogP contribution in [-0.4, -0.2) is 9.97 Å². The van der Waals surface area contributed by atoms with E-state index in [1.54, 1.807) is 12.4 Å². The minimum Gasteiger partial charge on any atom is -0.363 e. The van der Waals surface area contributed by atoms with Crippen molar-refractivity contribution in [2.45, 2.75) is 6.54 Å². The summed E-state index contributed by atoms with van der Waals surface area (Å²) in [7, 11) is 0. The summed E-state index contributed by atoms with van der Waals surface area (Å²) in [4.78, 5) is 8.55. The zero-order valence-corrected chi connectivity index (χ0v) is 11.9. The van der Waals surface area contributed by atoms with Gasteiger partial charge in [0.05, 0.1) is 12.2 Å². The topological polar surface area (TPSA) is 61.6 Å². The summed E-state index contributed by atoms with van der Waals surface area (Å²) in [5, 5.41) is 12.7. The van der Waals surface area contributed by atoms with Crippen molar-refractivity contribution in [2.24, 2.45) is 0 Å². The van der Waals surface area contributed by atoms with E-state index < -0.39 is 0 Å². The number of nitrogens with zero attached hydrogens (tertiary/aromatic N) is 3. The van der Waals surface area contributed by atoms with Gasteiger partial charge in [-0.3, -0.25) is 4.98 Å². The molecule has 1 aromatic carbocycles. The van der Waals surface area contributed by atoms with Crippen molar-refractivity contribution in [3.05, 3.63) is 78.2 Å². The third kappa shape index (κ3) is 2.94. The maximum atomic E-state index is 9.51. The molecule has 0 amide bonds. The molecule has 0 unspecified atom stereocenters. The maximum absolute atomic E-state index is 9.51. The summed E-state index contributed by atoms with van der Waals surface area (Å²) in [5.41, 5.74) is 3.33. The van der Waals surface area contributed by atoms with Gasteiger partial charge in [0.25, 0.3) is 0 Å². The van der Waals surface area contributed by atoms with Crippen molar-refractivity contribution in [3.8, 4) is 17.2 Å². The highest BCUT2D eigenvalue weighted by molar-refractivity contribution is 5.75. The Morgan fingerprint density at radius 3 is 2.45 bits per heavy atom. The second-order valence-electron chi connectivity index (χ2n) is 4.73. The molecule has 0 saturated heterocycles. The molecule has 0 spiro atoms. The Hall–Kier alpha value is -3.19. The number of nitrogens with one attached hydrogen (secondary N) is 1. The van der Waals surface area contributed by atoms with E-state index in [1.807, 2.05) is 54.6 Å². The summed E-state index contributed by atoms with van der Waals surface area (Å²) >= 11 is 0. The van der Waals surface area contributed by atoms with Gasteiger partial charge in [0.1, 0.15) is 17.5 Å². The smallest absolute Gasteiger partial charge is 0.144 e. The minimum absolute atomic E-state index is 0.529. The Morgan fingerprint density at radius 1 is 0.909 bits per heavy atom. The molecular weight excluding hydrogens is 272 g/mol. The van der Waals surface area contributed by atoms with Crippen molar-refractivity contribution in [1.29, 1.82) is 5.26 Å². The van der Waals surface area contributed by atoms with Crippen molar-refractivity contribution in [3.63, 3.8) is 0 Å². The Labute approximate surface area is 129 Å². The second kappa shape index (κ2) is 6.51. The quantitative estimate of drug-likeness (QED) is 0.795. The first kappa shape index (κ1) is 13.8. The number of benzene rings is 1. The molecule has 0 saturated carbocycles. The molecule has 106 valence electrons. The standard InChI is InChI=1S/C18H14N4/c19-12-17-16(14-6-2-1-3-7-14)9-11-21-18(17)22-13-15-8-4-5-10-20-15/h1-11H,13H2,(H,21,22). The monoisotopic (exact) mass is 286 g/mol. The normalized spacial score (nSPS) is 9.95. The maximum Gasteiger partial charge on any atom is 0.144 e. The van der Waals surface area contributed by atoms with Crippen LogP contribution < -0.4 is 5.32 Å². The van der Waals surface area contributed by atoms with Crippen LogP contribution in [0.4, 0.5) is 5.82 Å². The highest BCUT2D eigenvalue weighted by atomic mass is 15.0. The van der Waals surface area contributed by atoms with Crippen molar-refractivity contribution in [1.82, 2.24) is 9.97 Å². The molecule has 0 radical (unpaired) electrons. The van der Waals surface area contributed by atoms with E-state index in [2.05, 4.69) is 21.4 Å². The van der Waals surface area contributed by atoms with Gasteiger partial charge in [-0.05, 0) is 23.8 Å². The van der Waals surface area contributed by atoms with Crippen LogP contribution >= 0.6 is 0 Å². The molecule has 4 heteroatoms. The van der Waals surface area contributed by atoms with Crippen LogP contribution in [0.5, 0.6) is 0 Å². The van der Waals surface area contributed by atoms with E-state index in [4.69, 9.17) is 0 Å². The Morgan fingerprint density at radius 2 is 1.73 bits per heavy atom. The summed E-state index contributed by atoms with van der Waals surface area (Å²) in [6.45, 7) is 0.529. The number of hydrogen-bond donors (Lipinski definition) is 1. The lowest BCUT2D eigenvalue weighted by atomic mass is 10.0. The highest BCUT2D eigenvalue weighted by Gasteiger charge is 2.10. The van der Waals surface area contributed by atoms with Crippen LogP contribution in [0.3, 0.4) is 0 Å². The van der Waals surface area contributed by atoms with Gasteiger partial charge in [-0.1, -0.05) is 36.4 Å². The number of rotatable bonds is 4. The predicted molar refractivity (Wildman–Crippen MR) is 86.0 cm³/mol. The summed E-state index contributed by atoms with van der Waals surface area (Å²) in [5.74, 6) is 0.578. The van der Waals surface area contributed by atoms with E-state index in [-0.39, 0.29) is 0 Å². The van der Waals surface area contributed by atoms with E-state index in [0.29, 0.717) is 17.9 Å². The molecule has 0 aliphatic carbocycles. The number of anilines is 1. The molecule has 0 bridgehead atoms. The van der Waals surface area contributed by atoms with Crippen LogP contribution in [0.1, 0.15) is 11.3 Å². The molecule has 3 rings (SSSR count). The van der Waals surface area contributed by atoms with Crippen molar-refractivity contribution >= 4 is 5.82 Å². The van der Waals surface area contributed by atoms with Gasteiger partial charge in [-0.15, -0.1) is 0 Å². The van der Waals surface area contributed by atoms with E-state index in [0.717, 1.165) is 16.8 Å². The molecule has 0 aliphatic heterocycles. The molecule has 0 fully saturated rings. The number of pyridine rings is 2. The zero-order valence-electron chi connectivity index (χ0n) is 11.9. The number of aromatic nitrogens is 2. The molecular formula is C18H14N4. The third-order valence-corrected chi connectivity index (χ3v) is 3.31. The molecule has 2 aromatic heterocycles. The average Bonchev–Trinajstić information content (AvgIpc) is 2.61. The third-order valence-electron chi connectivity index (χ3n) is 3.31. The lowest BCUT2D eigenvalue weighted by Crippen LogP contribution is -2.05. The number of nitriles is 1. The highest BCUT2D eigenvalue weighted by Crippen LogP contribution is 2.27. The zero-order chi connectivity index (χ0) is 15.2.